The lowest BCUT2D eigenvalue weighted by atomic mass is 9.86. The molecule has 1 aromatic carbocycles. The van der Waals surface area contributed by atoms with Gasteiger partial charge in [0.05, 0.1) is 13.2 Å². The van der Waals surface area contributed by atoms with E-state index in [1.54, 1.807) is 7.11 Å². The number of rotatable bonds is 5. The molecule has 132 valence electrons. The van der Waals surface area contributed by atoms with E-state index in [9.17, 15) is 0 Å². The van der Waals surface area contributed by atoms with Crippen LogP contribution in [0.4, 0.5) is 0 Å². The summed E-state index contributed by atoms with van der Waals surface area (Å²) in [6.45, 7) is 6.79. The number of hydrogen-bond donors (Lipinski definition) is 1. The zero-order chi connectivity index (χ0) is 16.8. The Hall–Kier alpha value is -1.55. The first-order chi connectivity index (χ1) is 11.7. The fraction of sp³-hybridized carbons (Fsp3) is 0.650. The van der Waals surface area contributed by atoms with Gasteiger partial charge in [-0.3, -0.25) is 0 Å². The van der Waals surface area contributed by atoms with E-state index in [2.05, 4.69) is 41.4 Å². The molecular weight excluding hydrogens is 298 g/mol. The lowest BCUT2D eigenvalue weighted by Gasteiger charge is -2.26. The fourth-order valence-electron chi connectivity index (χ4n) is 4.23. The van der Waals surface area contributed by atoms with Crippen molar-refractivity contribution in [2.24, 2.45) is 10.4 Å². The number of hydrogen-bond acceptors (Lipinski definition) is 2. The van der Waals surface area contributed by atoms with Crippen LogP contribution in [0, 0.1) is 5.41 Å². The normalized spacial score (nSPS) is 20.1. The Kier molecular flexibility index (Phi) is 5.77. The first kappa shape index (κ1) is 17.3. The first-order valence-corrected chi connectivity index (χ1v) is 9.35. The van der Waals surface area contributed by atoms with Gasteiger partial charge in [-0.1, -0.05) is 37.1 Å². The number of nitrogens with one attached hydrogen (secondary N) is 1. The quantitative estimate of drug-likeness (QED) is 0.663. The van der Waals surface area contributed by atoms with Gasteiger partial charge in [0, 0.05) is 26.7 Å². The summed E-state index contributed by atoms with van der Waals surface area (Å²) in [6, 6.07) is 8.54. The van der Waals surface area contributed by atoms with Crippen molar-refractivity contribution < 1.29 is 4.74 Å². The third kappa shape index (κ3) is 4.10. The summed E-state index contributed by atoms with van der Waals surface area (Å²) in [5, 5.41) is 3.49. The van der Waals surface area contributed by atoms with Crippen LogP contribution < -0.4 is 5.32 Å². The number of methoxy groups -OCH3 is 1. The average molecular weight is 329 g/mol. The van der Waals surface area contributed by atoms with E-state index < -0.39 is 0 Å². The maximum atomic E-state index is 5.23. The number of ether oxygens (including phenoxy) is 1. The lowest BCUT2D eigenvalue weighted by Crippen LogP contribution is -2.41. The summed E-state index contributed by atoms with van der Waals surface area (Å²) in [6.07, 6.45) is 6.96. The molecule has 0 amide bonds. The highest BCUT2D eigenvalue weighted by Gasteiger charge is 2.41. The number of nitrogens with zero attached hydrogens (tertiary/aromatic N) is 2. The second kappa shape index (κ2) is 8.02. The Morgan fingerprint density at radius 1 is 1.25 bits per heavy atom. The smallest absolute Gasteiger partial charge is 0.194 e. The molecule has 1 saturated heterocycles. The second-order valence-electron chi connectivity index (χ2n) is 7.30. The molecule has 3 rings (SSSR count). The summed E-state index contributed by atoms with van der Waals surface area (Å²) in [5.74, 6) is 1.08. The van der Waals surface area contributed by atoms with Gasteiger partial charge >= 0.3 is 0 Å². The van der Waals surface area contributed by atoms with Gasteiger partial charge in [-0.05, 0) is 42.7 Å². The molecule has 1 heterocycles. The van der Waals surface area contributed by atoms with Gasteiger partial charge in [0.1, 0.15) is 0 Å². The summed E-state index contributed by atoms with van der Waals surface area (Å²) >= 11 is 0. The highest BCUT2D eigenvalue weighted by Crippen LogP contribution is 2.45. The Morgan fingerprint density at radius 3 is 2.79 bits per heavy atom. The lowest BCUT2D eigenvalue weighted by molar-refractivity contribution is 0.185. The molecule has 2 fully saturated rings. The minimum Gasteiger partial charge on any atom is -0.380 e. The van der Waals surface area contributed by atoms with Crippen molar-refractivity contribution in [3.63, 3.8) is 0 Å². The molecule has 2 aliphatic rings. The average Bonchev–Trinajstić information content (AvgIpc) is 3.22. The standard InChI is InChI=1S/C20H31N3O/c1-3-21-19(23-12-11-20(16-23)9-4-5-10-20)22-14-17-7-6-8-18(13-17)15-24-2/h6-8,13H,3-5,9-12,14-16H2,1-2H3,(H,21,22). The predicted octanol–water partition coefficient (Wildman–Crippen LogP) is 3.56. The van der Waals surface area contributed by atoms with Crippen molar-refractivity contribution in [3.05, 3.63) is 35.4 Å². The zero-order valence-corrected chi connectivity index (χ0v) is 15.2. The highest BCUT2D eigenvalue weighted by atomic mass is 16.5. The van der Waals surface area contributed by atoms with Gasteiger partial charge in [0.2, 0.25) is 0 Å². The number of benzene rings is 1. The van der Waals surface area contributed by atoms with Crippen molar-refractivity contribution in [1.29, 1.82) is 0 Å². The third-order valence-electron chi connectivity index (χ3n) is 5.45. The van der Waals surface area contributed by atoms with Gasteiger partial charge in [-0.25, -0.2) is 4.99 Å². The van der Waals surface area contributed by atoms with Crippen molar-refractivity contribution >= 4 is 5.96 Å². The van der Waals surface area contributed by atoms with E-state index >= 15 is 0 Å². The summed E-state index contributed by atoms with van der Waals surface area (Å²) in [4.78, 5) is 7.39. The van der Waals surface area contributed by atoms with Crippen LogP contribution in [0.25, 0.3) is 0 Å². The van der Waals surface area contributed by atoms with Gasteiger partial charge in [0.15, 0.2) is 5.96 Å². The molecule has 24 heavy (non-hydrogen) atoms. The van der Waals surface area contributed by atoms with E-state index in [1.807, 2.05) is 0 Å². The molecule has 0 unspecified atom stereocenters. The Balaban J connectivity index is 1.66. The fourth-order valence-corrected chi connectivity index (χ4v) is 4.23. The van der Waals surface area contributed by atoms with Gasteiger partial charge < -0.3 is 15.0 Å². The Bertz CT molecular complexity index is 564. The predicted molar refractivity (Wildman–Crippen MR) is 99.1 cm³/mol. The minimum atomic E-state index is 0.578. The van der Waals surface area contributed by atoms with Crippen LogP contribution in [0.15, 0.2) is 29.3 Å². The molecule has 1 aliphatic carbocycles. The monoisotopic (exact) mass is 329 g/mol. The second-order valence-corrected chi connectivity index (χ2v) is 7.30. The summed E-state index contributed by atoms with van der Waals surface area (Å²) in [5.41, 5.74) is 3.03. The Labute approximate surface area is 146 Å². The van der Waals surface area contributed by atoms with Crippen molar-refractivity contribution in [3.8, 4) is 0 Å². The number of likely N-dealkylation sites (tertiary alicyclic amines) is 1. The molecule has 1 spiro atoms. The molecule has 0 atom stereocenters. The molecule has 1 N–H and O–H groups in total. The maximum Gasteiger partial charge on any atom is 0.194 e. The molecule has 0 bridgehead atoms. The maximum absolute atomic E-state index is 5.23. The van der Waals surface area contributed by atoms with Gasteiger partial charge in [-0.15, -0.1) is 0 Å². The van der Waals surface area contributed by atoms with Crippen LogP contribution in [-0.4, -0.2) is 37.6 Å². The minimum absolute atomic E-state index is 0.578. The van der Waals surface area contributed by atoms with Crippen LogP contribution in [0.5, 0.6) is 0 Å². The first-order valence-electron chi connectivity index (χ1n) is 9.35. The van der Waals surface area contributed by atoms with Crippen molar-refractivity contribution in [1.82, 2.24) is 10.2 Å². The SMILES string of the molecule is CCNC(=NCc1cccc(COC)c1)N1CCC2(CCCC2)C1. The van der Waals surface area contributed by atoms with E-state index in [0.29, 0.717) is 12.0 Å². The molecule has 0 radical (unpaired) electrons. The molecule has 4 nitrogen and oxygen atoms in total. The zero-order valence-electron chi connectivity index (χ0n) is 15.2. The van der Waals surface area contributed by atoms with Crippen molar-refractivity contribution in [2.45, 2.75) is 52.2 Å². The highest BCUT2D eigenvalue weighted by molar-refractivity contribution is 5.80. The van der Waals surface area contributed by atoms with Gasteiger partial charge in [-0.2, -0.15) is 0 Å². The molecule has 1 aromatic rings. The topological polar surface area (TPSA) is 36.9 Å². The van der Waals surface area contributed by atoms with Crippen LogP contribution in [0.1, 0.15) is 50.2 Å². The summed E-state index contributed by atoms with van der Waals surface area (Å²) in [7, 11) is 1.74. The molecule has 1 saturated carbocycles. The van der Waals surface area contributed by atoms with Gasteiger partial charge in [0.25, 0.3) is 0 Å². The van der Waals surface area contributed by atoms with Crippen LogP contribution >= 0.6 is 0 Å². The van der Waals surface area contributed by atoms with Crippen LogP contribution in [-0.2, 0) is 17.9 Å². The number of guanidine groups is 1. The van der Waals surface area contributed by atoms with Crippen LogP contribution in [0.3, 0.4) is 0 Å². The largest absolute Gasteiger partial charge is 0.380 e. The molecule has 4 heteroatoms. The molecule has 1 aliphatic heterocycles. The number of aliphatic imine (C=N–C) groups is 1. The van der Waals surface area contributed by atoms with Crippen molar-refractivity contribution in [2.75, 3.05) is 26.7 Å². The molecular formula is C20H31N3O. The summed E-state index contributed by atoms with van der Waals surface area (Å²) < 4.78 is 5.23. The van der Waals surface area contributed by atoms with Crippen LogP contribution in [0.2, 0.25) is 0 Å². The van der Waals surface area contributed by atoms with E-state index in [4.69, 9.17) is 9.73 Å². The third-order valence-corrected chi connectivity index (χ3v) is 5.45. The van der Waals surface area contributed by atoms with E-state index in [0.717, 1.165) is 25.6 Å². The van der Waals surface area contributed by atoms with E-state index in [1.165, 1.54) is 49.8 Å². The Morgan fingerprint density at radius 2 is 2.04 bits per heavy atom. The molecule has 0 aromatic heterocycles. The van der Waals surface area contributed by atoms with E-state index in [-0.39, 0.29) is 0 Å².